The van der Waals surface area contributed by atoms with E-state index in [0.29, 0.717) is 12.1 Å². The minimum Gasteiger partial charge on any atom is -0.444 e. The Labute approximate surface area is 215 Å². The minimum absolute atomic E-state index is 0.342. The summed E-state index contributed by atoms with van der Waals surface area (Å²) in [6.45, 7) is 15.0. The predicted octanol–water partition coefficient (Wildman–Crippen LogP) is 3.60. The van der Waals surface area contributed by atoms with E-state index in [-0.39, 0.29) is 5.91 Å². The Kier molecular flexibility index (Phi) is 11.4. The highest BCUT2D eigenvalue weighted by molar-refractivity contribution is 5.95. The molecule has 0 fully saturated rings. The molecule has 0 radical (unpaired) electrons. The highest BCUT2D eigenvalue weighted by atomic mass is 16.6. The van der Waals surface area contributed by atoms with E-state index >= 15 is 0 Å². The lowest BCUT2D eigenvalue weighted by atomic mass is 9.94. The average molecular weight is 505 g/mol. The third-order valence-corrected chi connectivity index (χ3v) is 5.39. The van der Waals surface area contributed by atoms with Crippen LogP contribution in [0.1, 0.15) is 91.8 Å². The molecule has 2 atom stereocenters. The second kappa shape index (κ2) is 13.3. The summed E-state index contributed by atoms with van der Waals surface area (Å²) < 4.78 is 5.30. The number of nitrogens with two attached hydrogens (primary N) is 1. The van der Waals surface area contributed by atoms with Crippen molar-refractivity contribution in [3.8, 4) is 0 Å². The molecule has 0 bridgehead atoms. The Bertz CT molecular complexity index is 900. The number of carbonyl (C=O) groups is 4. The number of alkyl carbamates (subject to hydrolysis) is 1. The van der Waals surface area contributed by atoms with E-state index in [0.717, 1.165) is 24.8 Å². The van der Waals surface area contributed by atoms with Crippen LogP contribution in [0.4, 0.5) is 4.79 Å². The smallest absolute Gasteiger partial charge is 0.408 e. The molecule has 4 N–H and O–H groups in total. The molecule has 0 saturated heterocycles. The van der Waals surface area contributed by atoms with Crippen LogP contribution in [0.25, 0.3) is 0 Å². The largest absolute Gasteiger partial charge is 0.444 e. The Hall–Kier alpha value is -3.10. The molecule has 202 valence electrons. The highest BCUT2D eigenvalue weighted by Gasteiger charge is 2.42. The van der Waals surface area contributed by atoms with E-state index in [1.54, 1.807) is 41.5 Å². The molecule has 1 rings (SSSR count). The van der Waals surface area contributed by atoms with Crippen molar-refractivity contribution in [1.82, 2.24) is 15.5 Å². The van der Waals surface area contributed by atoms with Crippen molar-refractivity contribution in [1.29, 1.82) is 0 Å². The first-order valence-electron chi connectivity index (χ1n) is 12.6. The summed E-state index contributed by atoms with van der Waals surface area (Å²) in [5.41, 5.74) is 5.48. The van der Waals surface area contributed by atoms with Gasteiger partial charge < -0.3 is 26.0 Å². The van der Waals surface area contributed by atoms with E-state index in [9.17, 15) is 19.2 Å². The van der Waals surface area contributed by atoms with Gasteiger partial charge in [-0.05, 0) is 65.5 Å². The molecular weight excluding hydrogens is 460 g/mol. The fourth-order valence-corrected chi connectivity index (χ4v) is 3.70. The number of benzene rings is 1. The SMILES string of the molecule is CCCCNC(=O)C(c1ccc(CC)cc1)N(C(=O)C(CC(N)=O)NC(=O)OC(C)(C)C)C(C)(C)C. The molecule has 0 spiro atoms. The first-order chi connectivity index (χ1) is 16.6. The van der Waals surface area contributed by atoms with Crippen molar-refractivity contribution in [2.75, 3.05) is 6.54 Å². The second-order valence-corrected chi connectivity index (χ2v) is 10.9. The van der Waals surface area contributed by atoms with Crippen molar-refractivity contribution in [2.24, 2.45) is 5.73 Å². The van der Waals surface area contributed by atoms with Gasteiger partial charge >= 0.3 is 6.09 Å². The molecule has 0 aliphatic heterocycles. The molecule has 0 heterocycles. The van der Waals surface area contributed by atoms with Crippen LogP contribution < -0.4 is 16.4 Å². The molecule has 9 heteroatoms. The van der Waals surface area contributed by atoms with Crippen LogP contribution in [0.2, 0.25) is 0 Å². The quantitative estimate of drug-likeness (QED) is 0.396. The van der Waals surface area contributed by atoms with Crippen LogP contribution in [0.15, 0.2) is 24.3 Å². The molecule has 0 aliphatic rings. The average Bonchev–Trinajstić information content (AvgIpc) is 2.74. The fraction of sp³-hybridized carbons (Fsp3) is 0.630. The summed E-state index contributed by atoms with van der Waals surface area (Å²) in [6, 6.07) is 5.21. The first kappa shape index (κ1) is 30.9. The Morgan fingerprint density at radius 3 is 2.03 bits per heavy atom. The Morgan fingerprint density at radius 2 is 1.58 bits per heavy atom. The second-order valence-electron chi connectivity index (χ2n) is 10.9. The van der Waals surface area contributed by atoms with Gasteiger partial charge in [-0.25, -0.2) is 4.79 Å². The van der Waals surface area contributed by atoms with Crippen molar-refractivity contribution in [2.45, 2.75) is 104 Å². The van der Waals surface area contributed by atoms with E-state index in [4.69, 9.17) is 10.5 Å². The number of aryl methyl sites for hydroxylation is 1. The molecule has 0 saturated carbocycles. The van der Waals surface area contributed by atoms with Gasteiger partial charge in [-0.3, -0.25) is 14.4 Å². The van der Waals surface area contributed by atoms with Crippen LogP contribution in [-0.4, -0.2) is 52.4 Å². The van der Waals surface area contributed by atoms with Crippen molar-refractivity contribution in [3.63, 3.8) is 0 Å². The number of rotatable bonds is 11. The van der Waals surface area contributed by atoms with Crippen LogP contribution in [0, 0.1) is 0 Å². The summed E-state index contributed by atoms with van der Waals surface area (Å²) in [4.78, 5) is 53.3. The topological polar surface area (TPSA) is 131 Å². The van der Waals surface area contributed by atoms with Crippen LogP contribution in [0.3, 0.4) is 0 Å². The van der Waals surface area contributed by atoms with Gasteiger partial charge in [0, 0.05) is 12.1 Å². The molecule has 9 nitrogen and oxygen atoms in total. The van der Waals surface area contributed by atoms with Gasteiger partial charge in [0.2, 0.25) is 17.7 Å². The van der Waals surface area contributed by atoms with Gasteiger partial charge in [0.25, 0.3) is 0 Å². The third-order valence-electron chi connectivity index (χ3n) is 5.39. The number of ether oxygens (including phenoxy) is 1. The molecule has 0 aromatic heterocycles. The van der Waals surface area contributed by atoms with Crippen molar-refractivity contribution in [3.05, 3.63) is 35.4 Å². The molecule has 1 aromatic carbocycles. The number of primary amides is 1. The fourth-order valence-electron chi connectivity index (χ4n) is 3.70. The number of hydrogen-bond donors (Lipinski definition) is 3. The maximum absolute atomic E-state index is 14.0. The van der Waals surface area contributed by atoms with Crippen molar-refractivity contribution < 1.29 is 23.9 Å². The van der Waals surface area contributed by atoms with E-state index in [1.807, 2.05) is 38.1 Å². The van der Waals surface area contributed by atoms with Crippen LogP contribution in [0.5, 0.6) is 0 Å². The zero-order chi connectivity index (χ0) is 27.7. The summed E-state index contributed by atoms with van der Waals surface area (Å²) >= 11 is 0. The number of carbonyl (C=O) groups excluding carboxylic acids is 4. The number of amides is 4. The molecule has 0 aliphatic carbocycles. The number of nitrogens with one attached hydrogen (secondary N) is 2. The molecular formula is C27H44N4O5. The standard InChI is InChI=1S/C27H44N4O5/c1-9-11-16-29-23(33)22(19-14-12-18(10-2)13-15-19)31(26(3,4)5)24(34)20(17-21(28)32)30-25(35)36-27(6,7)8/h12-15,20,22H,9-11,16-17H2,1-8H3,(H2,28,32)(H,29,33)(H,30,35). The maximum Gasteiger partial charge on any atom is 0.408 e. The number of unbranched alkanes of at least 4 members (excludes halogenated alkanes) is 1. The van der Waals surface area contributed by atoms with Gasteiger partial charge in [-0.15, -0.1) is 0 Å². The highest BCUT2D eigenvalue weighted by Crippen LogP contribution is 2.30. The Balaban J connectivity index is 3.53. The predicted molar refractivity (Wildman–Crippen MR) is 140 cm³/mol. The monoisotopic (exact) mass is 504 g/mol. The normalized spacial score (nSPS) is 13.3. The van der Waals surface area contributed by atoms with Gasteiger partial charge in [0.15, 0.2) is 0 Å². The van der Waals surface area contributed by atoms with E-state index in [1.165, 1.54) is 4.90 Å². The third kappa shape index (κ3) is 9.87. The van der Waals surface area contributed by atoms with Gasteiger partial charge in [-0.1, -0.05) is 44.5 Å². The van der Waals surface area contributed by atoms with Gasteiger partial charge in [-0.2, -0.15) is 0 Å². The maximum atomic E-state index is 14.0. The zero-order valence-electron chi connectivity index (χ0n) is 23.1. The summed E-state index contributed by atoms with van der Waals surface area (Å²) in [7, 11) is 0. The molecule has 2 unspecified atom stereocenters. The van der Waals surface area contributed by atoms with Gasteiger partial charge in [0.1, 0.15) is 17.7 Å². The summed E-state index contributed by atoms with van der Waals surface area (Å²) in [5.74, 6) is -1.72. The Morgan fingerprint density at radius 1 is 1.00 bits per heavy atom. The molecule has 1 aromatic rings. The minimum atomic E-state index is -1.31. The summed E-state index contributed by atoms with van der Waals surface area (Å²) in [5, 5.41) is 5.42. The first-order valence-corrected chi connectivity index (χ1v) is 12.6. The number of hydrogen-bond acceptors (Lipinski definition) is 5. The lowest BCUT2D eigenvalue weighted by Gasteiger charge is -2.43. The lowest BCUT2D eigenvalue weighted by Crippen LogP contribution is -2.59. The van der Waals surface area contributed by atoms with Crippen LogP contribution >= 0.6 is 0 Å². The van der Waals surface area contributed by atoms with E-state index < -0.39 is 47.6 Å². The zero-order valence-corrected chi connectivity index (χ0v) is 23.1. The molecule has 4 amide bonds. The lowest BCUT2D eigenvalue weighted by molar-refractivity contribution is -0.149. The van der Waals surface area contributed by atoms with Crippen molar-refractivity contribution >= 4 is 23.8 Å². The molecule has 36 heavy (non-hydrogen) atoms. The number of nitrogens with zero attached hydrogens (tertiary/aromatic N) is 1. The van der Waals surface area contributed by atoms with E-state index in [2.05, 4.69) is 10.6 Å². The van der Waals surface area contributed by atoms with Crippen LogP contribution in [-0.2, 0) is 25.5 Å². The van der Waals surface area contributed by atoms with Gasteiger partial charge in [0.05, 0.1) is 6.42 Å². The summed E-state index contributed by atoms with van der Waals surface area (Å²) in [6.07, 6.45) is 1.23.